The number of hydrogen-bond donors (Lipinski definition) is 0. The molecular formula is C13H21BrN2O. The van der Waals surface area contributed by atoms with E-state index in [4.69, 9.17) is 4.74 Å². The summed E-state index contributed by atoms with van der Waals surface area (Å²) in [5.74, 6) is 0.890. The molecule has 1 aromatic heterocycles. The first kappa shape index (κ1) is 12.9. The van der Waals surface area contributed by atoms with Crippen molar-refractivity contribution in [3.63, 3.8) is 0 Å². The van der Waals surface area contributed by atoms with Gasteiger partial charge < -0.3 is 4.74 Å². The van der Waals surface area contributed by atoms with Crippen LogP contribution in [0.15, 0.2) is 10.8 Å². The van der Waals surface area contributed by atoms with Crippen LogP contribution in [0.4, 0.5) is 0 Å². The number of rotatable bonds is 3. The predicted molar refractivity (Wildman–Crippen MR) is 72.3 cm³/mol. The van der Waals surface area contributed by atoms with E-state index in [9.17, 15) is 0 Å². The first-order chi connectivity index (χ1) is 7.96. The van der Waals surface area contributed by atoms with Crippen LogP contribution in [0.1, 0.15) is 46.5 Å². The summed E-state index contributed by atoms with van der Waals surface area (Å²) in [4.78, 5) is 0. The minimum Gasteiger partial charge on any atom is -0.486 e. The van der Waals surface area contributed by atoms with Gasteiger partial charge in [0.1, 0.15) is 4.60 Å². The molecule has 1 fully saturated rings. The van der Waals surface area contributed by atoms with Crippen molar-refractivity contribution in [2.45, 2.75) is 59.1 Å². The summed E-state index contributed by atoms with van der Waals surface area (Å²) in [6.45, 7) is 7.51. The largest absolute Gasteiger partial charge is 0.486 e. The van der Waals surface area contributed by atoms with Gasteiger partial charge in [0.15, 0.2) is 5.75 Å². The molecule has 96 valence electrons. The first-order valence-electron chi connectivity index (χ1n) is 6.34. The van der Waals surface area contributed by atoms with Crippen molar-refractivity contribution in [2.24, 2.45) is 5.41 Å². The molecule has 0 N–H and O–H groups in total. The van der Waals surface area contributed by atoms with Gasteiger partial charge in [0.05, 0.1) is 12.3 Å². The normalized spacial score (nSPS) is 17.6. The van der Waals surface area contributed by atoms with E-state index in [0.29, 0.717) is 6.10 Å². The Balaban J connectivity index is 2.04. The minimum atomic E-state index is 0.221. The minimum absolute atomic E-state index is 0.221. The Labute approximate surface area is 112 Å². The maximum absolute atomic E-state index is 5.97. The second-order valence-corrected chi connectivity index (χ2v) is 6.79. The summed E-state index contributed by atoms with van der Waals surface area (Å²) in [6, 6.07) is 0. The fourth-order valence-electron chi connectivity index (χ4n) is 2.18. The van der Waals surface area contributed by atoms with Gasteiger partial charge in [0, 0.05) is 6.54 Å². The van der Waals surface area contributed by atoms with Crippen LogP contribution in [0, 0.1) is 5.41 Å². The van der Waals surface area contributed by atoms with E-state index in [-0.39, 0.29) is 5.41 Å². The average Bonchev–Trinajstić information content (AvgIpc) is 2.81. The summed E-state index contributed by atoms with van der Waals surface area (Å²) in [6.07, 6.45) is 7.15. The van der Waals surface area contributed by atoms with Gasteiger partial charge in [-0.3, -0.25) is 4.68 Å². The Kier molecular flexibility index (Phi) is 3.81. The fraction of sp³-hybridized carbons (Fsp3) is 0.769. The van der Waals surface area contributed by atoms with Crippen LogP contribution in [0.2, 0.25) is 0 Å². The van der Waals surface area contributed by atoms with Crippen molar-refractivity contribution in [3.8, 4) is 5.75 Å². The number of nitrogens with zero attached hydrogens (tertiary/aromatic N) is 2. The molecule has 1 aliphatic carbocycles. The Morgan fingerprint density at radius 3 is 2.65 bits per heavy atom. The van der Waals surface area contributed by atoms with Crippen molar-refractivity contribution >= 4 is 15.9 Å². The van der Waals surface area contributed by atoms with E-state index in [2.05, 4.69) is 41.8 Å². The van der Waals surface area contributed by atoms with Crippen LogP contribution in [0.25, 0.3) is 0 Å². The first-order valence-corrected chi connectivity index (χ1v) is 7.13. The van der Waals surface area contributed by atoms with Crippen LogP contribution < -0.4 is 4.74 Å². The maximum atomic E-state index is 5.97. The standard InChI is InChI=1S/C13H21BrN2O/c1-13(2,3)9-16-12(14)11(8-15-16)17-10-6-4-5-7-10/h8,10H,4-7,9H2,1-3H3. The molecule has 1 heterocycles. The lowest BCUT2D eigenvalue weighted by Crippen LogP contribution is -2.17. The highest BCUT2D eigenvalue weighted by molar-refractivity contribution is 9.10. The third-order valence-electron chi connectivity index (χ3n) is 2.96. The molecule has 0 atom stereocenters. The SMILES string of the molecule is CC(C)(C)Cn1ncc(OC2CCCC2)c1Br. The number of hydrogen-bond acceptors (Lipinski definition) is 2. The van der Waals surface area contributed by atoms with Crippen molar-refractivity contribution in [2.75, 3.05) is 0 Å². The molecule has 3 nitrogen and oxygen atoms in total. The molecule has 4 heteroatoms. The summed E-state index contributed by atoms with van der Waals surface area (Å²) < 4.78 is 8.92. The van der Waals surface area contributed by atoms with Crippen molar-refractivity contribution in [1.29, 1.82) is 0 Å². The van der Waals surface area contributed by atoms with Gasteiger partial charge in [0.25, 0.3) is 0 Å². The van der Waals surface area contributed by atoms with Crippen LogP contribution in [0.5, 0.6) is 5.75 Å². The number of ether oxygens (including phenoxy) is 1. The van der Waals surface area contributed by atoms with E-state index in [1.54, 1.807) is 0 Å². The molecule has 0 radical (unpaired) electrons. The highest BCUT2D eigenvalue weighted by atomic mass is 79.9. The van der Waals surface area contributed by atoms with Gasteiger partial charge in [-0.25, -0.2) is 0 Å². The molecule has 0 unspecified atom stereocenters. The molecule has 0 aromatic carbocycles. The molecule has 1 saturated carbocycles. The monoisotopic (exact) mass is 300 g/mol. The fourth-order valence-corrected chi connectivity index (χ4v) is 2.59. The second kappa shape index (κ2) is 5.01. The van der Waals surface area contributed by atoms with Crippen LogP contribution in [-0.4, -0.2) is 15.9 Å². The summed E-state index contributed by atoms with van der Waals surface area (Å²) >= 11 is 3.59. The highest BCUT2D eigenvalue weighted by Gasteiger charge is 2.21. The van der Waals surface area contributed by atoms with Crippen molar-refractivity contribution < 1.29 is 4.74 Å². The molecule has 17 heavy (non-hydrogen) atoms. The third kappa shape index (κ3) is 3.47. The lowest BCUT2D eigenvalue weighted by Gasteiger charge is -2.18. The molecule has 0 saturated heterocycles. The van der Waals surface area contributed by atoms with Crippen LogP contribution in [-0.2, 0) is 6.54 Å². The molecule has 1 aliphatic rings. The summed E-state index contributed by atoms with van der Waals surface area (Å²) in [5.41, 5.74) is 0.221. The number of halogens is 1. The Bertz CT molecular complexity index is 375. The zero-order valence-electron chi connectivity index (χ0n) is 10.9. The molecule has 0 bridgehead atoms. The zero-order chi connectivity index (χ0) is 12.5. The van der Waals surface area contributed by atoms with Crippen LogP contribution in [0.3, 0.4) is 0 Å². The van der Waals surface area contributed by atoms with Gasteiger partial charge >= 0.3 is 0 Å². The number of aromatic nitrogens is 2. The Morgan fingerprint density at radius 2 is 2.06 bits per heavy atom. The summed E-state index contributed by atoms with van der Waals surface area (Å²) in [7, 11) is 0. The Morgan fingerprint density at radius 1 is 1.41 bits per heavy atom. The van der Waals surface area contributed by atoms with E-state index < -0.39 is 0 Å². The maximum Gasteiger partial charge on any atom is 0.172 e. The van der Waals surface area contributed by atoms with Crippen molar-refractivity contribution in [3.05, 3.63) is 10.8 Å². The average molecular weight is 301 g/mol. The topological polar surface area (TPSA) is 27.1 Å². The quantitative estimate of drug-likeness (QED) is 0.843. The molecular weight excluding hydrogens is 280 g/mol. The highest BCUT2D eigenvalue weighted by Crippen LogP contribution is 2.31. The van der Waals surface area contributed by atoms with Crippen LogP contribution >= 0.6 is 15.9 Å². The van der Waals surface area contributed by atoms with Gasteiger partial charge in [0.2, 0.25) is 0 Å². The van der Waals surface area contributed by atoms with Gasteiger partial charge in [-0.1, -0.05) is 20.8 Å². The molecule has 0 amide bonds. The smallest absolute Gasteiger partial charge is 0.172 e. The van der Waals surface area contributed by atoms with E-state index >= 15 is 0 Å². The lowest BCUT2D eigenvalue weighted by atomic mass is 9.97. The molecule has 0 aliphatic heterocycles. The third-order valence-corrected chi connectivity index (χ3v) is 3.76. The molecule has 0 spiro atoms. The van der Waals surface area contributed by atoms with Gasteiger partial charge in [-0.2, -0.15) is 5.10 Å². The van der Waals surface area contributed by atoms with E-state index in [1.165, 1.54) is 25.7 Å². The predicted octanol–water partition coefficient (Wildman–Crippen LogP) is 4.01. The zero-order valence-corrected chi connectivity index (χ0v) is 12.5. The molecule has 2 rings (SSSR count). The van der Waals surface area contributed by atoms with E-state index in [0.717, 1.165) is 16.9 Å². The van der Waals surface area contributed by atoms with Gasteiger partial charge in [-0.15, -0.1) is 0 Å². The Hall–Kier alpha value is -0.510. The van der Waals surface area contributed by atoms with E-state index in [1.807, 2.05) is 10.9 Å². The second-order valence-electron chi connectivity index (χ2n) is 6.04. The van der Waals surface area contributed by atoms with Gasteiger partial charge in [-0.05, 0) is 47.0 Å². The summed E-state index contributed by atoms with van der Waals surface area (Å²) in [5, 5.41) is 4.39. The molecule has 1 aromatic rings. The van der Waals surface area contributed by atoms with Crippen molar-refractivity contribution in [1.82, 2.24) is 9.78 Å². The lowest BCUT2D eigenvalue weighted by molar-refractivity contribution is 0.207.